The molecule has 6 atom stereocenters. The van der Waals surface area contributed by atoms with Gasteiger partial charge < -0.3 is 58.5 Å². The van der Waals surface area contributed by atoms with E-state index in [0.29, 0.717) is 16.9 Å². The fraction of sp³-hybridized carbons (Fsp3) is 0.458. The molecule has 0 fully saturated rings. The molecule has 3 aromatic carbocycles. The van der Waals surface area contributed by atoms with E-state index in [1.807, 2.05) is 31.1 Å². The molecule has 0 spiro atoms. The summed E-state index contributed by atoms with van der Waals surface area (Å²) in [5, 5.41) is 42.6. The Labute approximate surface area is 425 Å². The molecule has 0 aliphatic heterocycles. The highest BCUT2D eigenvalue weighted by Gasteiger charge is 2.34. The molecule has 0 saturated carbocycles. The van der Waals surface area contributed by atoms with Gasteiger partial charge in [-0.3, -0.25) is 38.6 Å². The van der Waals surface area contributed by atoms with Crippen LogP contribution in [0.2, 0.25) is 0 Å². The molecule has 24 nitrogen and oxygen atoms in total. The van der Waals surface area contributed by atoms with Crippen LogP contribution in [0.1, 0.15) is 65.9 Å². The van der Waals surface area contributed by atoms with E-state index in [9.17, 15) is 52.2 Å². The highest BCUT2D eigenvalue weighted by molar-refractivity contribution is 7.89. The molecule has 0 saturated heterocycles. The van der Waals surface area contributed by atoms with Gasteiger partial charge in [0, 0.05) is 33.4 Å². The number of carboxylic acid groups (broad SMARTS) is 1. The number of aromatic hydroxyl groups is 1. The minimum absolute atomic E-state index is 0.0350. The highest BCUT2D eigenvalue weighted by atomic mass is 32.2. The Bertz CT molecular complexity index is 2540. The Morgan fingerprint density at radius 2 is 1.19 bits per heavy atom. The zero-order valence-corrected chi connectivity index (χ0v) is 43.0. The summed E-state index contributed by atoms with van der Waals surface area (Å²) in [7, 11) is 0.649. The number of rotatable bonds is 28. The number of phenols is 1. The van der Waals surface area contributed by atoms with Crippen molar-refractivity contribution in [3.05, 3.63) is 78.4 Å². The van der Waals surface area contributed by atoms with E-state index in [1.165, 1.54) is 62.5 Å². The monoisotopic (exact) mass is 1040 g/mol. The summed E-state index contributed by atoms with van der Waals surface area (Å²) in [6.07, 6.45) is -0.840. The fourth-order valence-corrected chi connectivity index (χ4v) is 8.16. The number of carbonyl (C=O) groups excluding carboxylic acids is 6. The second kappa shape index (κ2) is 28.4. The van der Waals surface area contributed by atoms with Gasteiger partial charge in [0.05, 0.1) is 22.7 Å². The molecule has 0 heterocycles. The number of anilines is 1. The van der Waals surface area contributed by atoms with E-state index >= 15 is 0 Å². The molecule has 3 rings (SSSR count). The minimum Gasteiger partial charge on any atom is -0.508 e. The number of amides is 6. The predicted molar refractivity (Wildman–Crippen MR) is 273 cm³/mol. The number of guanidine groups is 1. The molecular weight excluding hydrogens is 967 g/mol. The number of aliphatic imine (C=N–C) groups is 1. The summed E-state index contributed by atoms with van der Waals surface area (Å²) < 4.78 is 30.2. The third-order valence-corrected chi connectivity index (χ3v) is 12.4. The van der Waals surface area contributed by atoms with Gasteiger partial charge in [0.2, 0.25) is 45.5 Å². The first-order valence-electron chi connectivity index (χ1n) is 23.4. The summed E-state index contributed by atoms with van der Waals surface area (Å²) in [6.45, 7) is 8.16. The van der Waals surface area contributed by atoms with Gasteiger partial charge >= 0.3 is 5.97 Å². The number of hydrogen-bond donors (Lipinski definition) is 11. The third-order valence-electron chi connectivity index (χ3n) is 11.0. The minimum atomic E-state index is -4.43. The van der Waals surface area contributed by atoms with Gasteiger partial charge in [-0.25, -0.2) is 8.42 Å². The number of nitrogens with two attached hydrogens (primary N) is 2. The molecule has 0 unspecified atom stereocenters. The Hall–Kier alpha value is -7.67. The van der Waals surface area contributed by atoms with Crippen LogP contribution in [0.3, 0.4) is 0 Å². The number of carbonyl (C=O) groups is 7. The van der Waals surface area contributed by atoms with Gasteiger partial charge in [0.15, 0.2) is 5.96 Å². The lowest BCUT2D eigenvalue weighted by molar-refractivity contribution is -0.141. The molecule has 0 aliphatic carbocycles. The number of azo groups is 1. The van der Waals surface area contributed by atoms with Crippen LogP contribution in [0, 0.1) is 11.8 Å². The van der Waals surface area contributed by atoms with Crippen LogP contribution in [0.4, 0.5) is 17.1 Å². The SMILES string of the molecule is CNC(=O)[C@H](CC(=O)O)NC(=O)[C@@H](NC(=O)[C@H](CC(C)C)NC(=O)[C@H](C)NC(=O)[C@H](CCCN=C(N)N)NC(=O)[C@H](Cc1ccc(O)cc1)NS(=O)(=O)c1ccc(N=Nc2ccc(N(C)C)cc2)cc1)C(C)C. The number of nitrogens with zero attached hydrogens (tertiary/aromatic N) is 4. The van der Waals surface area contributed by atoms with E-state index in [4.69, 9.17) is 11.5 Å². The van der Waals surface area contributed by atoms with Gasteiger partial charge in [-0.1, -0.05) is 39.8 Å². The van der Waals surface area contributed by atoms with Crippen molar-refractivity contribution >= 4 is 74.5 Å². The maximum atomic E-state index is 14.2. The van der Waals surface area contributed by atoms with Crippen LogP contribution in [0.25, 0.3) is 0 Å². The number of carboxylic acids is 1. The van der Waals surface area contributed by atoms with Crippen LogP contribution < -0.4 is 53.0 Å². The van der Waals surface area contributed by atoms with Crippen LogP contribution in [-0.2, 0) is 50.0 Å². The molecule has 0 radical (unpaired) electrons. The zero-order valence-electron chi connectivity index (χ0n) is 42.2. The Balaban J connectivity index is 1.85. The van der Waals surface area contributed by atoms with Crippen molar-refractivity contribution in [3.8, 4) is 5.75 Å². The number of nitrogens with one attached hydrogen (secondary N) is 7. The van der Waals surface area contributed by atoms with Gasteiger partial charge in [0.1, 0.15) is 42.0 Å². The van der Waals surface area contributed by atoms with Gasteiger partial charge in [0.25, 0.3) is 0 Å². The van der Waals surface area contributed by atoms with Crippen molar-refractivity contribution in [1.82, 2.24) is 36.6 Å². The lowest BCUT2D eigenvalue weighted by Crippen LogP contribution is -2.60. The first-order valence-corrected chi connectivity index (χ1v) is 24.9. The molecule has 6 amide bonds. The number of aliphatic carboxylic acids is 1. The number of likely N-dealkylation sites (N-methyl/N-ethyl adjacent to an activating group) is 1. The van der Waals surface area contributed by atoms with Crippen LogP contribution in [-0.4, -0.2) is 130 Å². The quantitative estimate of drug-likeness (QED) is 0.0211. The van der Waals surface area contributed by atoms with Gasteiger partial charge in [-0.15, -0.1) is 0 Å². The normalized spacial score (nSPS) is 13.9. The smallest absolute Gasteiger partial charge is 0.305 e. The second-order valence-corrected chi connectivity index (χ2v) is 19.8. The maximum Gasteiger partial charge on any atom is 0.305 e. The summed E-state index contributed by atoms with van der Waals surface area (Å²) in [4.78, 5) is 98.4. The molecular formula is C48H69N13O11S. The van der Waals surface area contributed by atoms with E-state index < -0.39 is 100 Å². The predicted octanol–water partition coefficient (Wildman–Crippen LogP) is 1.18. The Kier molecular flexibility index (Phi) is 23.2. The standard InChI is InChI=1S/C48H69N13O11S/c1-27(2)24-37(45(68)57-41(28(3)4)47(70)56-38(26-40(63)64)43(66)51-6)55-42(65)29(5)53-44(67)36(10-9-23-52-48(49)50)54-46(69)39(25-30-11-19-34(62)20-12-30)60-73(71,72)35-21-15-32(16-22-35)59-58-31-13-17-33(18-14-31)61(7)8/h11-22,27-29,36-39,41,60,62H,9-10,23-26H2,1-8H3,(H,51,66)(H,53,67)(H,54,69)(H,55,65)(H,56,70)(H,57,68)(H,63,64)(H4,49,50,52)/t29-,36-,37-,38-,39-,41-/m0/s1. The molecule has 73 heavy (non-hydrogen) atoms. The van der Waals surface area contributed by atoms with Crippen LogP contribution >= 0.6 is 0 Å². The molecule has 0 aromatic heterocycles. The van der Waals surface area contributed by atoms with Crippen molar-refractivity contribution in [2.45, 2.75) is 108 Å². The summed E-state index contributed by atoms with van der Waals surface area (Å²) in [5.41, 5.74) is 13.3. The molecule has 0 aliphatic rings. The fourth-order valence-electron chi connectivity index (χ4n) is 6.97. The largest absolute Gasteiger partial charge is 0.508 e. The average molecular weight is 1040 g/mol. The number of hydrogen-bond acceptors (Lipinski definition) is 14. The molecule has 25 heteroatoms. The summed E-state index contributed by atoms with van der Waals surface area (Å²) >= 11 is 0. The second-order valence-electron chi connectivity index (χ2n) is 18.1. The number of phenolic OH excluding ortho intramolecular Hbond substituents is 1. The number of sulfonamides is 1. The van der Waals surface area contributed by atoms with E-state index in [-0.39, 0.29) is 54.8 Å². The van der Waals surface area contributed by atoms with Crippen LogP contribution in [0.15, 0.2) is 92.9 Å². The van der Waals surface area contributed by atoms with E-state index in [1.54, 1.807) is 39.8 Å². The van der Waals surface area contributed by atoms with E-state index in [2.05, 4.69) is 51.8 Å². The summed E-state index contributed by atoms with van der Waals surface area (Å²) in [5.74, 6) is -7.38. The Morgan fingerprint density at radius 3 is 1.71 bits per heavy atom. The van der Waals surface area contributed by atoms with Crippen LogP contribution in [0.5, 0.6) is 5.75 Å². The molecule has 0 bridgehead atoms. The zero-order chi connectivity index (χ0) is 54.6. The molecule has 13 N–H and O–H groups in total. The van der Waals surface area contributed by atoms with Crippen molar-refractivity contribution < 1.29 is 52.2 Å². The molecule has 3 aromatic rings. The van der Waals surface area contributed by atoms with E-state index in [0.717, 1.165) is 5.69 Å². The maximum absolute atomic E-state index is 14.2. The third kappa shape index (κ3) is 20.2. The van der Waals surface area contributed by atoms with Crippen molar-refractivity contribution in [3.63, 3.8) is 0 Å². The van der Waals surface area contributed by atoms with Crippen molar-refractivity contribution in [2.75, 3.05) is 32.6 Å². The first-order chi connectivity index (χ1) is 34.3. The molecule has 398 valence electrons. The topological polar surface area (TPSA) is 371 Å². The highest BCUT2D eigenvalue weighted by Crippen LogP contribution is 2.23. The first kappa shape index (κ1) is 59.6. The Morgan fingerprint density at radius 1 is 0.658 bits per heavy atom. The van der Waals surface area contributed by atoms with Crippen molar-refractivity contribution in [2.24, 2.45) is 38.5 Å². The lowest BCUT2D eigenvalue weighted by Gasteiger charge is -2.28. The average Bonchev–Trinajstić information content (AvgIpc) is 3.32. The van der Waals surface area contributed by atoms with Gasteiger partial charge in [-0.05, 0) is 111 Å². The lowest BCUT2D eigenvalue weighted by atomic mass is 9.99. The van der Waals surface area contributed by atoms with Crippen molar-refractivity contribution in [1.29, 1.82) is 0 Å². The number of benzene rings is 3. The van der Waals surface area contributed by atoms with Gasteiger partial charge in [-0.2, -0.15) is 15.0 Å². The summed E-state index contributed by atoms with van der Waals surface area (Å²) in [6, 6.07) is 10.2.